The number of amides is 1. The van der Waals surface area contributed by atoms with E-state index in [1.807, 2.05) is 46.2 Å². The monoisotopic (exact) mass is 426 g/mol. The van der Waals surface area contributed by atoms with Gasteiger partial charge < -0.3 is 4.90 Å². The van der Waals surface area contributed by atoms with Crippen LogP contribution in [0.2, 0.25) is 0 Å². The predicted molar refractivity (Wildman–Crippen MR) is 118 cm³/mol. The number of carbonyl (C=O) groups excluding carboxylic acids is 1. The minimum atomic E-state index is -0.709. The summed E-state index contributed by atoms with van der Waals surface area (Å²) in [5.74, 6) is -1.54. The van der Waals surface area contributed by atoms with Crippen molar-refractivity contribution in [3.05, 3.63) is 52.3 Å². The molecule has 3 heterocycles. The molecule has 1 aromatic carbocycles. The summed E-state index contributed by atoms with van der Waals surface area (Å²) in [6.45, 7) is 12.4. The first-order valence-electron chi connectivity index (χ1n) is 10.7. The molecule has 0 unspecified atom stereocenters. The molecule has 0 radical (unpaired) electrons. The third-order valence-corrected chi connectivity index (χ3v) is 5.74. The molecule has 4 rings (SSSR count). The summed E-state index contributed by atoms with van der Waals surface area (Å²) in [7, 11) is 0. The standard InChI is InChI=1S/C24H28F2N4O/c1-13(2)19-12-17(20-14(3)28-30(22(20)27-19)24(4,5)6)23(31)29-9-7-8-15-10-16(25)11-18(26)21(15)29/h10-13H,7-9H2,1-6H3. The fourth-order valence-electron chi connectivity index (χ4n) is 4.24. The molecular formula is C24H28F2N4O. The van der Waals surface area contributed by atoms with Gasteiger partial charge in [-0.25, -0.2) is 18.4 Å². The van der Waals surface area contributed by atoms with Gasteiger partial charge in [0.1, 0.15) is 11.6 Å². The number of carbonyl (C=O) groups is 1. The van der Waals surface area contributed by atoms with E-state index >= 15 is 0 Å². The Balaban J connectivity index is 1.95. The molecule has 0 fully saturated rings. The topological polar surface area (TPSA) is 51.0 Å². The zero-order chi connectivity index (χ0) is 22.7. The second-order valence-corrected chi connectivity index (χ2v) is 9.57. The van der Waals surface area contributed by atoms with Gasteiger partial charge in [-0.1, -0.05) is 13.8 Å². The number of hydrogen-bond donors (Lipinski definition) is 0. The molecule has 1 amide bonds. The van der Waals surface area contributed by atoms with Crippen molar-refractivity contribution in [2.45, 2.75) is 65.8 Å². The summed E-state index contributed by atoms with van der Waals surface area (Å²) in [6.07, 6.45) is 1.19. The smallest absolute Gasteiger partial charge is 0.259 e. The molecule has 0 N–H and O–H groups in total. The minimum absolute atomic E-state index is 0.0963. The third-order valence-electron chi connectivity index (χ3n) is 5.74. The van der Waals surface area contributed by atoms with E-state index < -0.39 is 11.6 Å². The van der Waals surface area contributed by atoms with Gasteiger partial charge in [-0.2, -0.15) is 5.10 Å². The Morgan fingerprint density at radius 2 is 1.87 bits per heavy atom. The summed E-state index contributed by atoms with van der Waals surface area (Å²) < 4.78 is 30.4. The van der Waals surface area contributed by atoms with Crippen LogP contribution in [0.25, 0.3) is 11.0 Å². The van der Waals surface area contributed by atoms with Crippen molar-refractivity contribution in [3.63, 3.8) is 0 Å². The highest BCUT2D eigenvalue weighted by molar-refractivity contribution is 6.14. The third kappa shape index (κ3) is 3.60. The molecular weight excluding hydrogens is 398 g/mol. The van der Waals surface area contributed by atoms with Gasteiger partial charge >= 0.3 is 0 Å². The van der Waals surface area contributed by atoms with Crippen molar-refractivity contribution >= 4 is 22.6 Å². The molecule has 1 aliphatic rings. The van der Waals surface area contributed by atoms with Gasteiger partial charge in [0.15, 0.2) is 5.65 Å². The normalized spacial score (nSPS) is 14.4. The van der Waals surface area contributed by atoms with Gasteiger partial charge in [-0.15, -0.1) is 0 Å². The number of aromatic nitrogens is 3. The zero-order valence-corrected chi connectivity index (χ0v) is 18.9. The largest absolute Gasteiger partial charge is 0.305 e. The molecule has 0 aliphatic carbocycles. The van der Waals surface area contributed by atoms with Crippen molar-refractivity contribution in [2.75, 3.05) is 11.4 Å². The summed E-state index contributed by atoms with van der Waals surface area (Å²) >= 11 is 0. The van der Waals surface area contributed by atoms with Crippen LogP contribution < -0.4 is 4.90 Å². The van der Waals surface area contributed by atoms with Crippen LogP contribution in [0.4, 0.5) is 14.5 Å². The molecule has 0 saturated heterocycles. The summed E-state index contributed by atoms with van der Waals surface area (Å²) in [4.78, 5) is 20.1. The SMILES string of the molecule is Cc1nn(C(C)(C)C)c2nc(C(C)C)cc(C(=O)N3CCCc4cc(F)cc(F)c43)c12. The van der Waals surface area contributed by atoms with Crippen molar-refractivity contribution in [1.82, 2.24) is 14.8 Å². The lowest BCUT2D eigenvalue weighted by atomic mass is 9.98. The fraction of sp³-hybridized carbons (Fsp3) is 0.458. The van der Waals surface area contributed by atoms with Crippen LogP contribution in [-0.2, 0) is 12.0 Å². The number of nitrogens with zero attached hydrogens (tertiary/aromatic N) is 4. The Labute approximate surface area is 181 Å². The Kier molecular flexibility index (Phi) is 5.10. The average molecular weight is 427 g/mol. The summed E-state index contributed by atoms with van der Waals surface area (Å²) in [6, 6.07) is 3.96. The van der Waals surface area contributed by atoms with Crippen LogP contribution in [0, 0.1) is 18.6 Å². The lowest BCUT2D eigenvalue weighted by Gasteiger charge is -2.30. The first kappa shape index (κ1) is 21.4. The Morgan fingerprint density at radius 3 is 2.52 bits per heavy atom. The minimum Gasteiger partial charge on any atom is -0.305 e. The van der Waals surface area contributed by atoms with E-state index in [1.54, 1.807) is 6.07 Å². The highest BCUT2D eigenvalue weighted by atomic mass is 19.1. The second kappa shape index (κ2) is 7.39. The van der Waals surface area contributed by atoms with Gasteiger partial charge in [-0.3, -0.25) is 4.79 Å². The maximum absolute atomic E-state index is 14.8. The Morgan fingerprint density at radius 1 is 1.16 bits per heavy atom. The molecule has 0 bridgehead atoms. The highest BCUT2D eigenvalue weighted by Crippen LogP contribution is 2.35. The van der Waals surface area contributed by atoms with Crippen LogP contribution in [0.5, 0.6) is 0 Å². The van der Waals surface area contributed by atoms with Crippen LogP contribution in [0.15, 0.2) is 18.2 Å². The second-order valence-electron chi connectivity index (χ2n) is 9.57. The van der Waals surface area contributed by atoms with Crippen molar-refractivity contribution in [3.8, 4) is 0 Å². The van der Waals surface area contributed by atoms with Gasteiger partial charge in [0.25, 0.3) is 5.91 Å². The predicted octanol–water partition coefficient (Wildman–Crippen LogP) is 5.49. The molecule has 0 spiro atoms. The summed E-state index contributed by atoms with van der Waals surface area (Å²) in [5.41, 5.74) is 2.96. The van der Waals surface area contributed by atoms with E-state index in [0.717, 1.165) is 11.8 Å². The van der Waals surface area contributed by atoms with E-state index in [2.05, 4.69) is 5.10 Å². The van der Waals surface area contributed by atoms with Crippen LogP contribution in [-0.4, -0.2) is 27.2 Å². The first-order chi connectivity index (χ1) is 14.5. The van der Waals surface area contributed by atoms with Crippen molar-refractivity contribution in [1.29, 1.82) is 0 Å². The number of anilines is 1. The van der Waals surface area contributed by atoms with Gasteiger partial charge in [0.05, 0.1) is 27.9 Å². The molecule has 164 valence electrons. The lowest BCUT2D eigenvalue weighted by molar-refractivity contribution is 0.0985. The molecule has 7 heteroatoms. The molecule has 5 nitrogen and oxygen atoms in total. The van der Waals surface area contributed by atoms with Crippen molar-refractivity contribution in [2.24, 2.45) is 0 Å². The Hall–Kier alpha value is -2.83. The lowest BCUT2D eigenvalue weighted by Crippen LogP contribution is -2.36. The molecule has 3 aromatic rings. The molecule has 2 aromatic heterocycles. The number of pyridine rings is 1. The number of hydrogen-bond acceptors (Lipinski definition) is 3. The van der Waals surface area contributed by atoms with Crippen LogP contribution >= 0.6 is 0 Å². The maximum Gasteiger partial charge on any atom is 0.259 e. The van der Waals surface area contributed by atoms with Crippen LogP contribution in [0.1, 0.15) is 74.3 Å². The number of rotatable bonds is 2. The van der Waals surface area contributed by atoms with Gasteiger partial charge in [0, 0.05) is 18.3 Å². The molecule has 0 saturated carbocycles. The number of fused-ring (bicyclic) bond motifs is 2. The van der Waals surface area contributed by atoms with Crippen molar-refractivity contribution < 1.29 is 13.6 Å². The van der Waals surface area contributed by atoms with E-state index in [0.29, 0.717) is 47.2 Å². The van der Waals surface area contributed by atoms with Gasteiger partial charge in [-0.05, 0) is 64.2 Å². The zero-order valence-electron chi connectivity index (χ0n) is 18.9. The van der Waals surface area contributed by atoms with E-state index in [9.17, 15) is 13.6 Å². The summed E-state index contributed by atoms with van der Waals surface area (Å²) in [5, 5.41) is 5.36. The fourth-order valence-corrected chi connectivity index (χ4v) is 4.24. The number of aryl methyl sites for hydroxylation is 2. The molecule has 1 aliphatic heterocycles. The average Bonchev–Trinajstić information content (AvgIpc) is 3.03. The van der Waals surface area contributed by atoms with Crippen LogP contribution in [0.3, 0.4) is 0 Å². The highest BCUT2D eigenvalue weighted by Gasteiger charge is 2.31. The van der Waals surface area contributed by atoms with E-state index in [-0.39, 0.29) is 23.1 Å². The quantitative estimate of drug-likeness (QED) is 0.545. The van der Waals surface area contributed by atoms with Gasteiger partial charge in [0.2, 0.25) is 0 Å². The van der Waals surface area contributed by atoms with E-state index in [4.69, 9.17) is 4.98 Å². The molecule has 31 heavy (non-hydrogen) atoms. The van der Waals surface area contributed by atoms with E-state index in [1.165, 1.54) is 11.0 Å². The first-order valence-corrected chi connectivity index (χ1v) is 10.7. The Bertz CT molecular complexity index is 1190. The number of benzene rings is 1. The molecule has 0 atom stereocenters. The number of halogens is 2. The maximum atomic E-state index is 14.8.